The van der Waals surface area contributed by atoms with Crippen molar-refractivity contribution in [2.75, 3.05) is 13.7 Å². The number of likely N-dealkylation sites (N-methyl/N-ethyl adjacent to an activating group) is 1. The molecule has 0 aliphatic rings. The van der Waals surface area contributed by atoms with E-state index in [1.165, 1.54) is 5.57 Å². The van der Waals surface area contributed by atoms with Crippen LogP contribution in [-0.4, -0.2) is 25.8 Å². The Bertz CT molecular complexity index is 139. The Morgan fingerprint density at radius 1 is 1.50 bits per heavy atom. The van der Waals surface area contributed by atoms with E-state index in [2.05, 4.69) is 39.1 Å². The minimum atomic E-state index is 0.236. The van der Waals surface area contributed by atoms with Crippen molar-refractivity contribution >= 4 is 0 Å². The van der Waals surface area contributed by atoms with E-state index in [4.69, 9.17) is 4.74 Å². The molecule has 0 bridgehead atoms. The molecule has 0 aliphatic heterocycles. The van der Waals surface area contributed by atoms with Gasteiger partial charge in [0.2, 0.25) is 0 Å². The van der Waals surface area contributed by atoms with Gasteiger partial charge in [-0.15, -0.1) is 0 Å². The Labute approximate surface area is 76.0 Å². The number of hydrogen-bond donors (Lipinski definition) is 1. The molecule has 0 rings (SSSR count). The molecule has 0 aromatic rings. The van der Waals surface area contributed by atoms with Crippen molar-refractivity contribution < 1.29 is 4.74 Å². The normalized spacial score (nSPS) is 15.4. The van der Waals surface area contributed by atoms with Gasteiger partial charge in [0.05, 0.1) is 12.1 Å². The highest BCUT2D eigenvalue weighted by atomic mass is 16.5. The highest BCUT2D eigenvalue weighted by molar-refractivity contribution is 5.03. The Kier molecular flexibility index (Phi) is 6.03. The van der Waals surface area contributed by atoms with Crippen LogP contribution in [-0.2, 0) is 4.74 Å². The standard InChI is InChI=1S/C10H21NO/c1-6-11-10(7-8(2)3)9(4)12-5/h7,9-11H,6H2,1-5H3. The van der Waals surface area contributed by atoms with Gasteiger partial charge in [0.1, 0.15) is 0 Å². The van der Waals surface area contributed by atoms with Crippen LogP contribution >= 0.6 is 0 Å². The van der Waals surface area contributed by atoms with Gasteiger partial charge in [0, 0.05) is 7.11 Å². The van der Waals surface area contributed by atoms with Gasteiger partial charge in [-0.25, -0.2) is 0 Å². The summed E-state index contributed by atoms with van der Waals surface area (Å²) in [5.74, 6) is 0. The van der Waals surface area contributed by atoms with Crippen LogP contribution in [0.3, 0.4) is 0 Å². The van der Waals surface area contributed by atoms with Crippen LogP contribution in [0.4, 0.5) is 0 Å². The Balaban J connectivity index is 4.12. The number of allylic oxidation sites excluding steroid dienone is 1. The molecule has 0 aromatic heterocycles. The lowest BCUT2D eigenvalue weighted by Gasteiger charge is -2.20. The monoisotopic (exact) mass is 171 g/mol. The van der Waals surface area contributed by atoms with Gasteiger partial charge in [0.25, 0.3) is 0 Å². The van der Waals surface area contributed by atoms with E-state index >= 15 is 0 Å². The highest BCUT2D eigenvalue weighted by Crippen LogP contribution is 2.02. The average Bonchev–Trinajstić information content (AvgIpc) is 2.01. The minimum absolute atomic E-state index is 0.236. The summed E-state index contributed by atoms with van der Waals surface area (Å²) < 4.78 is 5.26. The van der Waals surface area contributed by atoms with Crippen molar-refractivity contribution in [3.63, 3.8) is 0 Å². The molecule has 2 nitrogen and oxygen atoms in total. The zero-order valence-electron chi connectivity index (χ0n) is 8.85. The van der Waals surface area contributed by atoms with Gasteiger partial charge < -0.3 is 10.1 Å². The third kappa shape index (κ3) is 4.52. The Morgan fingerprint density at radius 3 is 2.42 bits per heavy atom. The molecule has 0 aliphatic carbocycles. The van der Waals surface area contributed by atoms with Crippen LogP contribution < -0.4 is 5.32 Å². The summed E-state index contributed by atoms with van der Waals surface area (Å²) in [4.78, 5) is 0. The zero-order valence-corrected chi connectivity index (χ0v) is 8.85. The predicted octanol–water partition coefficient (Wildman–Crippen LogP) is 1.97. The smallest absolute Gasteiger partial charge is 0.0732 e. The maximum Gasteiger partial charge on any atom is 0.0732 e. The molecule has 0 radical (unpaired) electrons. The van der Waals surface area contributed by atoms with Crippen molar-refractivity contribution in [1.82, 2.24) is 5.32 Å². The highest BCUT2D eigenvalue weighted by Gasteiger charge is 2.11. The van der Waals surface area contributed by atoms with Crippen molar-refractivity contribution in [1.29, 1.82) is 0 Å². The SMILES string of the molecule is CCNC(C=C(C)C)C(C)OC. The van der Waals surface area contributed by atoms with Crippen molar-refractivity contribution in [3.05, 3.63) is 11.6 Å². The van der Waals surface area contributed by atoms with Crippen molar-refractivity contribution in [2.24, 2.45) is 0 Å². The molecule has 0 amide bonds. The number of ether oxygens (including phenoxy) is 1. The summed E-state index contributed by atoms with van der Waals surface area (Å²) in [6.45, 7) is 9.36. The first-order chi connectivity index (χ1) is 5.61. The summed E-state index contributed by atoms with van der Waals surface area (Å²) in [5.41, 5.74) is 1.32. The first kappa shape index (κ1) is 11.7. The Hall–Kier alpha value is -0.340. The summed E-state index contributed by atoms with van der Waals surface area (Å²) in [7, 11) is 1.74. The fourth-order valence-corrected chi connectivity index (χ4v) is 1.10. The summed E-state index contributed by atoms with van der Waals surface area (Å²) >= 11 is 0. The lowest BCUT2D eigenvalue weighted by atomic mass is 10.1. The molecule has 0 spiro atoms. The number of rotatable bonds is 5. The van der Waals surface area contributed by atoms with Gasteiger partial charge in [-0.1, -0.05) is 18.6 Å². The Morgan fingerprint density at radius 2 is 2.08 bits per heavy atom. The first-order valence-electron chi connectivity index (χ1n) is 4.53. The molecule has 2 heteroatoms. The van der Waals surface area contributed by atoms with Crippen LogP contribution in [0.15, 0.2) is 11.6 Å². The lowest BCUT2D eigenvalue weighted by Crippen LogP contribution is -2.37. The quantitative estimate of drug-likeness (QED) is 0.638. The fraction of sp³-hybridized carbons (Fsp3) is 0.800. The molecule has 0 aromatic carbocycles. The first-order valence-corrected chi connectivity index (χ1v) is 4.53. The van der Waals surface area contributed by atoms with Gasteiger partial charge in [-0.3, -0.25) is 0 Å². The largest absolute Gasteiger partial charge is 0.380 e. The predicted molar refractivity (Wildman–Crippen MR) is 53.4 cm³/mol. The molecule has 2 unspecified atom stereocenters. The topological polar surface area (TPSA) is 21.3 Å². The van der Waals surface area contributed by atoms with E-state index in [0.29, 0.717) is 6.04 Å². The number of methoxy groups -OCH3 is 1. The number of nitrogens with one attached hydrogen (secondary N) is 1. The molecule has 1 N–H and O–H groups in total. The third-order valence-electron chi connectivity index (χ3n) is 1.83. The van der Waals surface area contributed by atoms with E-state index in [-0.39, 0.29) is 6.10 Å². The second-order valence-electron chi connectivity index (χ2n) is 3.27. The summed E-state index contributed by atoms with van der Waals surface area (Å²) in [5, 5.41) is 3.36. The fourth-order valence-electron chi connectivity index (χ4n) is 1.10. The van der Waals surface area contributed by atoms with Crippen LogP contribution in [0.5, 0.6) is 0 Å². The molecular formula is C10H21NO. The number of hydrogen-bond acceptors (Lipinski definition) is 2. The second kappa shape index (κ2) is 6.21. The van der Waals surface area contributed by atoms with E-state index < -0.39 is 0 Å². The average molecular weight is 171 g/mol. The van der Waals surface area contributed by atoms with Gasteiger partial charge in [0.15, 0.2) is 0 Å². The minimum Gasteiger partial charge on any atom is -0.380 e. The summed E-state index contributed by atoms with van der Waals surface area (Å²) in [6, 6.07) is 0.338. The van der Waals surface area contributed by atoms with Gasteiger partial charge >= 0.3 is 0 Å². The van der Waals surface area contributed by atoms with E-state index in [9.17, 15) is 0 Å². The molecule has 72 valence electrons. The van der Waals surface area contributed by atoms with Crippen LogP contribution in [0.25, 0.3) is 0 Å². The van der Waals surface area contributed by atoms with Crippen LogP contribution in [0, 0.1) is 0 Å². The molecule has 0 saturated carbocycles. The molecular weight excluding hydrogens is 150 g/mol. The summed E-state index contributed by atoms with van der Waals surface area (Å²) in [6.07, 6.45) is 2.44. The molecule has 0 fully saturated rings. The van der Waals surface area contributed by atoms with Crippen LogP contribution in [0.2, 0.25) is 0 Å². The molecule has 0 saturated heterocycles. The molecule has 0 heterocycles. The zero-order chi connectivity index (χ0) is 9.56. The van der Waals surface area contributed by atoms with Crippen molar-refractivity contribution in [3.8, 4) is 0 Å². The van der Waals surface area contributed by atoms with E-state index in [0.717, 1.165) is 6.54 Å². The molecule has 2 atom stereocenters. The van der Waals surface area contributed by atoms with E-state index in [1.807, 2.05) is 0 Å². The lowest BCUT2D eigenvalue weighted by molar-refractivity contribution is 0.0974. The van der Waals surface area contributed by atoms with Crippen molar-refractivity contribution in [2.45, 2.75) is 39.8 Å². The maximum absolute atomic E-state index is 5.26. The van der Waals surface area contributed by atoms with Gasteiger partial charge in [-0.2, -0.15) is 0 Å². The van der Waals surface area contributed by atoms with Crippen LogP contribution in [0.1, 0.15) is 27.7 Å². The second-order valence-corrected chi connectivity index (χ2v) is 3.27. The van der Waals surface area contributed by atoms with E-state index in [1.54, 1.807) is 7.11 Å². The maximum atomic E-state index is 5.26. The van der Waals surface area contributed by atoms with Gasteiger partial charge in [-0.05, 0) is 27.3 Å². The molecule has 12 heavy (non-hydrogen) atoms. The third-order valence-corrected chi connectivity index (χ3v) is 1.83.